The minimum Gasteiger partial charge on any atom is -0.293 e. The minimum atomic E-state index is -0.112. The highest BCUT2D eigenvalue weighted by Gasteiger charge is 2.15. The molecule has 0 N–H and O–H groups in total. The molecule has 0 spiro atoms. The van der Waals surface area contributed by atoms with Crippen LogP contribution >= 0.6 is 61.1 Å². The van der Waals surface area contributed by atoms with Gasteiger partial charge in [-0.1, -0.05) is 28.1 Å². The molecule has 1 unspecified atom stereocenters. The summed E-state index contributed by atoms with van der Waals surface area (Å²) in [6, 6.07) is 5.77. The van der Waals surface area contributed by atoms with Crippen LogP contribution in [0.3, 0.4) is 0 Å². The van der Waals surface area contributed by atoms with Crippen LogP contribution in [0.2, 0.25) is 0 Å². The summed E-state index contributed by atoms with van der Waals surface area (Å²) in [4.78, 5) is 11.6. The first kappa shape index (κ1) is 11.9. The van der Waals surface area contributed by atoms with Gasteiger partial charge in [0.25, 0.3) is 0 Å². The van der Waals surface area contributed by atoms with Crippen LogP contribution < -0.4 is 0 Å². The van der Waals surface area contributed by atoms with Crippen LogP contribution in [0, 0.1) is 7.14 Å². The minimum absolute atomic E-state index is 0.112. The molecule has 1 rings (SSSR count). The van der Waals surface area contributed by atoms with E-state index in [0.29, 0.717) is 0 Å². The van der Waals surface area contributed by atoms with Crippen LogP contribution in [0.15, 0.2) is 18.2 Å². The lowest BCUT2D eigenvalue weighted by atomic mass is 10.1. The molecule has 1 aromatic carbocycles. The predicted octanol–water partition coefficient (Wildman–Crippen LogP) is 3.86. The lowest BCUT2D eigenvalue weighted by Gasteiger charge is -2.06. The molecule has 0 saturated heterocycles. The fourth-order valence-electron chi connectivity index (χ4n) is 0.908. The molecule has 0 amide bonds. The fourth-order valence-corrected chi connectivity index (χ4v) is 2.28. The van der Waals surface area contributed by atoms with Gasteiger partial charge >= 0.3 is 0 Å². The number of benzene rings is 1. The van der Waals surface area contributed by atoms with Crippen molar-refractivity contribution in [2.45, 2.75) is 11.8 Å². The monoisotopic (exact) mass is 464 g/mol. The number of alkyl halides is 1. The van der Waals surface area contributed by atoms with Gasteiger partial charge in [0.05, 0.1) is 4.83 Å². The summed E-state index contributed by atoms with van der Waals surface area (Å²) in [6.07, 6.45) is 0. The van der Waals surface area contributed by atoms with Crippen molar-refractivity contribution in [2.75, 3.05) is 0 Å². The molecule has 1 nitrogen and oxygen atoms in total. The molecule has 0 radical (unpaired) electrons. The van der Waals surface area contributed by atoms with Crippen LogP contribution in [-0.2, 0) is 0 Å². The maximum atomic E-state index is 11.7. The maximum absolute atomic E-state index is 11.7. The Labute approximate surface area is 113 Å². The highest BCUT2D eigenvalue weighted by molar-refractivity contribution is 14.1. The van der Waals surface area contributed by atoms with Crippen molar-refractivity contribution in [3.05, 3.63) is 30.9 Å². The Bertz CT molecular complexity index is 336. The van der Waals surface area contributed by atoms with Crippen LogP contribution in [0.4, 0.5) is 0 Å². The molecule has 70 valence electrons. The van der Waals surface area contributed by atoms with Gasteiger partial charge in [-0.15, -0.1) is 0 Å². The van der Waals surface area contributed by atoms with Crippen molar-refractivity contribution in [1.29, 1.82) is 0 Å². The summed E-state index contributed by atoms with van der Waals surface area (Å²) in [6.45, 7) is 1.85. The van der Waals surface area contributed by atoms with Crippen LogP contribution in [0.25, 0.3) is 0 Å². The van der Waals surface area contributed by atoms with Gasteiger partial charge in [0.2, 0.25) is 0 Å². The van der Waals surface area contributed by atoms with E-state index in [1.54, 1.807) is 0 Å². The molecule has 1 aromatic rings. The highest BCUT2D eigenvalue weighted by atomic mass is 127. The average molecular weight is 465 g/mol. The molecule has 0 heterocycles. The number of ketones is 1. The zero-order valence-electron chi connectivity index (χ0n) is 6.85. The summed E-state index contributed by atoms with van der Waals surface area (Å²) in [5.41, 5.74) is 0.803. The van der Waals surface area contributed by atoms with Crippen LogP contribution in [0.5, 0.6) is 0 Å². The number of hydrogen-bond donors (Lipinski definition) is 0. The largest absolute Gasteiger partial charge is 0.293 e. The third-order valence-electron chi connectivity index (χ3n) is 1.58. The average Bonchev–Trinajstić information content (AvgIpc) is 2.08. The molecule has 0 aliphatic carbocycles. The molecule has 13 heavy (non-hydrogen) atoms. The van der Waals surface area contributed by atoms with Gasteiger partial charge < -0.3 is 0 Å². The third-order valence-corrected chi connectivity index (χ3v) is 5.09. The number of Topliss-reactive ketones (excluding diaryl/α,β-unsaturated/α-hetero) is 1. The third kappa shape index (κ3) is 2.89. The molecule has 0 fully saturated rings. The Kier molecular flexibility index (Phi) is 4.64. The first-order chi connectivity index (χ1) is 6.04. The fraction of sp³-hybridized carbons (Fsp3) is 0.222. The van der Waals surface area contributed by atoms with Gasteiger partial charge in [0, 0.05) is 12.7 Å². The summed E-state index contributed by atoms with van der Waals surface area (Å²) >= 11 is 7.72. The lowest BCUT2D eigenvalue weighted by molar-refractivity contribution is 0.0995. The second-order valence-electron chi connectivity index (χ2n) is 2.58. The molecule has 0 bridgehead atoms. The van der Waals surface area contributed by atoms with E-state index in [0.717, 1.165) is 12.7 Å². The van der Waals surface area contributed by atoms with Crippen molar-refractivity contribution in [1.82, 2.24) is 0 Å². The quantitative estimate of drug-likeness (QED) is 0.369. The van der Waals surface area contributed by atoms with E-state index >= 15 is 0 Å². The molecule has 0 aromatic heterocycles. The van der Waals surface area contributed by atoms with E-state index in [1.807, 2.05) is 25.1 Å². The Balaban J connectivity index is 3.15. The zero-order valence-corrected chi connectivity index (χ0v) is 12.8. The van der Waals surface area contributed by atoms with Gasteiger partial charge in [0.1, 0.15) is 0 Å². The Hall–Kier alpha value is 0.830. The van der Waals surface area contributed by atoms with E-state index < -0.39 is 0 Å². The Morgan fingerprint density at radius 1 is 1.46 bits per heavy atom. The highest BCUT2D eigenvalue weighted by Crippen LogP contribution is 2.21. The van der Waals surface area contributed by atoms with Gasteiger partial charge in [-0.05, 0) is 58.2 Å². The summed E-state index contributed by atoms with van der Waals surface area (Å²) in [5, 5.41) is 0. The van der Waals surface area contributed by atoms with Gasteiger partial charge in [-0.2, -0.15) is 0 Å². The molecule has 1 atom stereocenters. The van der Waals surface area contributed by atoms with E-state index in [9.17, 15) is 4.79 Å². The van der Waals surface area contributed by atoms with Crippen LogP contribution in [0.1, 0.15) is 17.3 Å². The van der Waals surface area contributed by atoms with Crippen molar-refractivity contribution in [2.24, 2.45) is 0 Å². The van der Waals surface area contributed by atoms with E-state index in [-0.39, 0.29) is 10.6 Å². The van der Waals surface area contributed by atoms with Crippen molar-refractivity contribution in [3.8, 4) is 0 Å². The molecule has 0 aliphatic heterocycles. The molecule has 4 heteroatoms. The van der Waals surface area contributed by atoms with Gasteiger partial charge in [0.15, 0.2) is 5.78 Å². The Morgan fingerprint density at radius 2 is 2.08 bits per heavy atom. The zero-order chi connectivity index (χ0) is 10.0. The summed E-state index contributed by atoms with van der Waals surface area (Å²) < 4.78 is 2.16. The SMILES string of the molecule is CC(Br)C(=O)c1cccc(I)c1I. The lowest BCUT2D eigenvalue weighted by Crippen LogP contribution is -2.12. The summed E-state index contributed by atoms with van der Waals surface area (Å²) in [7, 11) is 0. The Morgan fingerprint density at radius 3 is 2.62 bits per heavy atom. The van der Waals surface area contributed by atoms with E-state index in [1.165, 1.54) is 0 Å². The number of hydrogen-bond acceptors (Lipinski definition) is 1. The van der Waals surface area contributed by atoms with Gasteiger partial charge in [-0.25, -0.2) is 0 Å². The van der Waals surface area contributed by atoms with Crippen LogP contribution in [-0.4, -0.2) is 10.6 Å². The second-order valence-corrected chi connectivity index (χ2v) is 6.20. The predicted molar refractivity (Wildman–Crippen MR) is 74.6 cm³/mol. The number of halogens is 3. The standard InChI is InChI=1S/C9H7BrI2O/c1-5(10)9(13)6-3-2-4-7(11)8(6)12/h2-5H,1H3. The van der Waals surface area contributed by atoms with E-state index in [2.05, 4.69) is 61.1 Å². The number of carbonyl (C=O) groups excluding carboxylic acids is 1. The topological polar surface area (TPSA) is 17.1 Å². The molecule has 0 saturated carbocycles. The number of carbonyl (C=O) groups is 1. The smallest absolute Gasteiger partial charge is 0.177 e. The normalized spacial score (nSPS) is 12.6. The van der Waals surface area contributed by atoms with Crippen molar-refractivity contribution >= 4 is 66.9 Å². The second kappa shape index (κ2) is 5.06. The first-order valence-electron chi connectivity index (χ1n) is 3.66. The first-order valence-corrected chi connectivity index (χ1v) is 6.73. The van der Waals surface area contributed by atoms with Crippen molar-refractivity contribution in [3.63, 3.8) is 0 Å². The van der Waals surface area contributed by atoms with E-state index in [4.69, 9.17) is 0 Å². The summed E-state index contributed by atoms with van der Waals surface area (Å²) in [5.74, 6) is 0.142. The van der Waals surface area contributed by atoms with Crippen molar-refractivity contribution < 1.29 is 4.79 Å². The molecular weight excluding hydrogens is 458 g/mol. The molecular formula is C9H7BrI2O. The molecule has 0 aliphatic rings. The maximum Gasteiger partial charge on any atom is 0.177 e. The number of rotatable bonds is 2. The van der Waals surface area contributed by atoms with Gasteiger partial charge in [-0.3, -0.25) is 4.79 Å².